The predicted octanol–water partition coefficient (Wildman–Crippen LogP) is 5.28. The molecule has 0 bridgehead atoms. The molecule has 1 N–H and O–H groups in total. The zero-order chi connectivity index (χ0) is 25.3. The average Bonchev–Trinajstić information content (AvgIpc) is 2.83. The Bertz CT molecular complexity index is 982. The molecule has 6 heteroatoms. The second kappa shape index (κ2) is 16.1. The van der Waals surface area contributed by atoms with Crippen molar-refractivity contribution in [3.05, 3.63) is 83.5 Å². The Morgan fingerprint density at radius 3 is 2.51 bits per heavy atom. The fraction of sp³-hybridized carbons (Fsp3) is 0.379. The van der Waals surface area contributed by atoms with E-state index in [4.69, 9.17) is 5.11 Å². The highest BCUT2D eigenvalue weighted by Gasteiger charge is 2.32. The number of aliphatic carboxylic acids is 1. The number of allylic oxidation sites excluding steroid dienone is 3. The summed E-state index contributed by atoms with van der Waals surface area (Å²) in [5.74, 6) is -0.379. The summed E-state index contributed by atoms with van der Waals surface area (Å²) >= 11 is 0. The molecule has 1 saturated heterocycles. The number of benzene rings is 1. The van der Waals surface area contributed by atoms with E-state index in [-0.39, 0.29) is 12.3 Å². The van der Waals surface area contributed by atoms with Gasteiger partial charge in [0, 0.05) is 37.2 Å². The smallest absolute Gasteiger partial charge is 0.303 e. The van der Waals surface area contributed by atoms with Crippen LogP contribution in [0.15, 0.2) is 87.9 Å². The van der Waals surface area contributed by atoms with Gasteiger partial charge < -0.3 is 10.0 Å². The lowest BCUT2D eigenvalue weighted by atomic mass is 9.90. The number of rotatable bonds is 14. The molecule has 2 rings (SSSR count). The van der Waals surface area contributed by atoms with E-state index in [2.05, 4.69) is 22.1 Å². The fourth-order valence-corrected chi connectivity index (χ4v) is 3.69. The summed E-state index contributed by atoms with van der Waals surface area (Å²) in [6.07, 6.45) is 17.8. The molecule has 1 amide bonds. The quantitative estimate of drug-likeness (QED) is 0.172. The third-order valence-electron chi connectivity index (χ3n) is 5.65. The number of hydrogen-bond acceptors (Lipinski definition) is 4. The van der Waals surface area contributed by atoms with Crippen molar-refractivity contribution < 1.29 is 14.7 Å². The lowest BCUT2D eigenvalue weighted by Crippen LogP contribution is -2.50. The zero-order valence-electron chi connectivity index (χ0n) is 20.8. The van der Waals surface area contributed by atoms with Gasteiger partial charge >= 0.3 is 5.97 Å². The Balaban J connectivity index is 1.94. The van der Waals surface area contributed by atoms with Crippen LogP contribution in [0.1, 0.15) is 45.1 Å². The first-order chi connectivity index (χ1) is 17.0. The minimum atomic E-state index is -0.770. The van der Waals surface area contributed by atoms with Crippen LogP contribution in [0.5, 0.6) is 0 Å². The number of carbonyl (C=O) groups is 2. The van der Waals surface area contributed by atoms with Gasteiger partial charge in [0.15, 0.2) is 0 Å². The van der Waals surface area contributed by atoms with Crippen molar-refractivity contribution >= 4 is 24.3 Å². The summed E-state index contributed by atoms with van der Waals surface area (Å²) < 4.78 is 0. The number of carbonyl (C=O) groups excluding carboxylic acids is 1. The largest absolute Gasteiger partial charge is 0.481 e. The fourth-order valence-electron chi connectivity index (χ4n) is 3.69. The van der Waals surface area contributed by atoms with Crippen LogP contribution in [-0.4, -0.2) is 60.5 Å². The summed E-state index contributed by atoms with van der Waals surface area (Å²) in [5, 5.41) is 8.69. The van der Waals surface area contributed by atoms with Crippen LogP contribution in [-0.2, 0) is 9.59 Å². The van der Waals surface area contributed by atoms with Gasteiger partial charge in [-0.05, 0) is 50.5 Å². The van der Waals surface area contributed by atoms with E-state index in [1.165, 1.54) is 5.57 Å². The molecule has 1 heterocycles. The second-order valence-corrected chi connectivity index (χ2v) is 8.35. The van der Waals surface area contributed by atoms with Crippen LogP contribution in [0.25, 0.3) is 0 Å². The molecule has 1 aromatic rings. The highest BCUT2D eigenvalue weighted by molar-refractivity contribution is 5.96. The molecule has 186 valence electrons. The summed E-state index contributed by atoms with van der Waals surface area (Å²) in [7, 11) is 0. The molecule has 0 saturated carbocycles. The lowest BCUT2D eigenvalue weighted by Gasteiger charge is -2.40. The Labute approximate surface area is 209 Å². The van der Waals surface area contributed by atoms with E-state index in [0.29, 0.717) is 44.1 Å². The predicted molar refractivity (Wildman–Crippen MR) is 144 cm³/mol. The molecule has 0 radical (unpaired) electrons. The average molecular weight is 476 g/mol. The number of amides is 1. The summed E-state index contributed by atoms with van der Waals surface area (Å²) in [6, 6.07) is 9.90. The maximum Gasteiger partial charge on any atom is 0.303 e. The number of aliphatic imine (C=N–C) groups is 2. The highest BCUT2D eigenvalue weighted by atomic mass is 16.4. The first-order valence-electron chi connectivity index (χ1n) is 12.2. The summed E-state index contributed by atoms with van der Waals surface area (Å²) in [4.78, 5) is 34.4. The monoisotopic (exact) mass is 475 g/mol. The highest BCUT2D eigenvalue weighted by Crippen LogP contribution is 2.26. The second-order valence-electron chi connectivity index (χ2n) is 8.35. The van der Waals surface area contributed by atoms with E-state index in [1.807, 2.05) is 85.8 Å². The molecule has 1 fully saturated rings. The van der Waals surface area contributed by atoms with Crippen LogP contribution in [0.3, 0.4) is 0 Å². The molecule has 0 unspecified atom stereocenters. The Kier molecular flexibility index (Phi) is 12.8. The third kappa shape index (κ3) is 10.5. The molecule has 1 aliphatic heterocycles. The van der Waals surface area contributed by atoms with Crippen LogP contribution < -0.4 is 0 Å². The van der Waals surface area contributed by atoms with E-state index in [0.717, 1.165) is 18.4 Å². The third-order valence-corrected chi connectivity index (χ3v) is 5.65. The number of nitrogens with zero attached hydrogens (tertiary/aromatic N) is 3. The van der Waals surface area contributed by atoms with E-state index in [1.54, 1.807) is 0 Å². The van der Waals surface area contributed by atoms with E-state index >= 15 is 0 Å². The SMILES string of the molecule is C/C=C\C(=C/C)C1CN(C(=O)C(/C=C\C/N=C/c2ccccc2)=C/C/N=C/CCCCC(=O)O)C1. The molecule has 0 aromatic heterocycles. The van der Waals surface area contributed by atoms with Crippen molar-refractivity contribution in [2.24, 2.45) is 15.9 Å². The van der Waals surface area contributed by atoms with Crippen LogP contribution in [0.2, 0.25) is 0 Å². The van der Waals surface area contributed by atoms with Gasteiger partial charge in [-0.25, -0.2) is 0 Å². The first kappa shape index (κ1) is 27.7. The van der Waals surface area contributed by atoms with Crippen LogP contribution >= 0.6 is 0 Å². The zero-order valence-corrected chi connectivity index (χ0v) is 20.8. The Hall–Kier alpha value is -3.54. The van der Waals surface area contributed by atoms with E-state index in [9.17, 15) is 9.59 Å². The number of hydrogen-bond donors (Lipinski definition) is 1. The first-order valence-corrected chi connectivity index (χ1v) is 12.2. The van der Waals surface area contributed by atoms with Gasteiger partial charge in [-0.1, -0.05) is 66.8 Å². The van der Waals surface area contributed by atoms with Gasteiger partial charge in [0.25, 0.3) is 5.91 Å². The van der Waals surface area contributed by atoms with Gasteiger partial charge in [0.2, 0.25) is 0 Å². The van der Waals surface area contributed by atoms with Crippen molar-refractivity contribution in [1.82, 2.24) is 4.90 Å². The van der Waals surface area contributed by atoms with E-state index < -0.39 is 5.97 Å². The van der Waals surface area contributed by atoms with Crippen molar-refractivity contribution in [1.29, 1.82) is 0 Å². The normalized spacial score (nSPS) is 15.7. The van der Waals surface area contributed by atoms with Crippen molar-refractivity contribution in [3.63, 3.8) is 0 Å². The molecule has 0 atom stereocenters. The van der Waals surface area contributed by atoms with Gasteiger partial charge in [0.05, 0.1) is 13.1 Å². The number of unbranched alkanes of at least 4 members (excludes halogenated alkanes) is 2. The van der Waals surface area contributed by atoms with Crippen LogP contribution in [0, 0.1) is 5.92 Å². The van der Waals surface area contributed by atoms with Gasteiger partial charge in [-0.2, -0.15) is 0 Å². The number of carboxylic acids is 1. The maximum absolute atomic E-state index is 13.1. The lowest BCUT2D eigenvalue weighted by molar-refractivity contribution is -0.137. The van der Waals surface area contributed by atoms with Crippen molar-refractivity contribution in [3.8, 4) is 0 Å². The Morgan fingerprint density at radius 2 is 1.83 bits per heavy atom. The molecular formula is C29H37N3O3. The molecule has 0 aliphatic carbocycles. The summed E-state index contributed by atoms with van der Waals surface area (Å²) in [6.45, 7) is 6.36. The molecule has 0 spiro atoms. The number of likely N-dealkylation sites (tertiary alicyclic amines) is 1. The minimum Gasteiger partial charge on any atom is -0.481 e. The number of carboxylic acid groups (broad SMARTS) is 1. The topological polar surface area (TPSA) is 82.3 Å². The molecule has 1 aromatic carbocycles. The molecule has 35 heavy (non-hydrogen) atoms. The molecular weight excluding hydrogens is 438 g/mol. The van der Waals surface area contributed by atoms with Crippen molar-refractivity contribution in [2.75, 3.05) is 26.2 Å². The van der Waals surface area contributed by atoms with Crippen LogP contribution in [0.4, 0.5) is 0 Å². The standard InChI is InChI=1S/C29H37N3O3/c1-3-12-25(4-2)27-22-32(23-27)29(35)26(17-20-30-18-10-6-9-16-28(33)34)15-11-19-31-21-24-13-7-5-8-14-24/h3-5,7-8,11-15,17-18,21,27H,6,9-10,16,19-20,22-23H2,1-2H3,(H,33,34)/b12-3-,15-11-,25-4+,26-17+,30-18+,31-21+. The minimum absolute atomic E-state index is 0.0112. The van der Waals surface area contributed by atoms with Crippen molar-refractivity contribution in [2.45, 2.75) is 39.5 Å². The van der Waals surface area contributed by atoms with Gasteiger partial charge in [0.1, 0.15) is 0 Å². The van der Waals surface area contributed by atoms with Gasteiger partial charge in [-0.15, -0.1) is 0 Å². The molecule has 1 aliphatic rings. The molecule has 6 nitrogen and oxygen atoms in total. The Morgan fingerprint density at radius 1 is 1.06 bits per heavy atom. The van der Waals surface area contributed by atoms with Gasteiger partial charge in [-0.3, -0.25) is 19.6 Å². The summed E-state index contributed by atoms with van der Waals surface area (Å²) in [5.41, 5.74) is 2.92. The maximum atomic E-state index is 13.1.